The Bertz CT molecular complexity index is 435. The summed E-state index contributed by atoms with van der Waals surface area (Å²) in [6.07, 6.45) is 3.16. The summed E-state index contributed by atoms with van der Waals surface area (Å²) in [5.41, 5.74) is 1.10. The molecule has 4 nitrogen and oxygen atoms in total. The van der Waals surface area contributed by atoms with Gasteiger partial charge in [0, 0.05) is 25.2 Å². The molecule has 0 aromatic heterocycles. The number of methoxy groups -OCH3 is 1. The molecular weight excluding hydrogens is 274 g/mol. The van der Waals surface area contributed by atoms with Crippen LogP contribution in [-0.2, 0) is 6.42 Å². The fraction of sp³-hybridized carbons (Fsp3) is 0.533. The van der Waals surface area contributed by atoms with Crippen LogP contribution < -0.4 is 15.4 Å². The molecular formula is C15H24ClN3O. The molecule has 0 amide bonds. The van der Waals surface area contributed by atoms with Crippen molar-refractivity contribution in [2.45, 2.75) is 26.2 Å². The summed E-state index contributed by atoms with van der Waals surface area (Å²) in [4.78, 5) is 4.18. The largest absolute Gasteiger partial charge is 0.497 e. The molecule has 2 N–H and O–H groups in total. The molecule has 0 aliphatic carbocycles. The molecule has 0 saturated carbocycles. The van der Waals surface area contributed by atoms with Gasteiger partial charge in [0.05, 0.1) is 7.11 Å². The van der Waals surface area contributed by atoms with E-state index in [9.17, 15) is 0 Å². The second-order valence-corrected chi connectivity index (χ2v) is 4.89. The van der Waals surface area contributed by atoms with E-state index in [1.54, 1.807) is 14.2 Å². The summed E-state index contributed by atoms with van der Waals surface area (Å²) in [5, 5.41) is 7.29. The van der Waals surface area contributed by atoms with E-state index < -0.39 is 0 Å². The second-order valence-electron chi connectivity index (χ2n) is 4.49. The lowest BCUT2D eigenvalue weighted by Crippen LogP contribution is -2.38. The third-order valence-electron chi connectivity index (χ3n) is 2.99. The van der Waals surface area contributed by atoms with Crippen molar-refractivity contribution in [1.82, 2.24) is 10.6 Å². The Morgan fingerprint density at radius 3 is 2.65 bits per heavy atom. The lowest BCUT2D eigenvalue weighted by molar-refractivity contribution is 0.414. The van der Waals surface area contributed by atoms with Crippen molar-refractivity contribution >= 4 is 17.6 Å². The fourth-order valence-electron chi connectivity index (χ4n) is 1.78. The van der Waals surface area contributed by atoms with Crippen LogP contribution in [0.4, 0.5) is 0 Å². The highest BCUT2D eigenvalue weighted by atomic mass is 35.5. The van der Waals surface area contributed by atoms with Crippen molar-refractivity contribution in [1.29, 1.82) is 0 Å². The molecule has 0 fully saturated rings. The highest BCUT2D eigenvalue weighted by Gasteiger charge is 2.03. The first-order chi connectivity index (χ1) is 9.71. The zero-order chi connectivity index (χ0) is 14.8. The van der Waals surface area contributed by atoms with Crippen LogP contribution in [0.25, 0.3) is 0 Å². The molecule has 0 unspecified atom stereocenters. The summed E-state index contributed by atoms with van der Waals surface area (Å²) >= 11 is 6.21. The number of ether oxygens (including phenoxy) is 1. The highest BCUT2D eigenvalue weighted by molar-refractivity contribution is 6.31. The summed E-state index contributed by atoms with van der Waals surface area (Å²) in [6, 6.07) is 5.76. The van der Waals surface area contributed by atoms with Gasteiger partial charge in [-0.05, 0) is 30.5 Å². The van der Waals surface area contributed by atoms with Crippen LogP contribution in [0.1, 0.15) is 25.3 Å². The SMILES string of the molecule is CCCCNC(=NC)NCCc1ccc(OC)cc1Cl. The average Bonchev–Trinajstić information content (AvgIpc) is 2.47. The lowest BCUT2D eigenvalue weighted by Gasteiger charge is -2.12. The Hall–Kier alpha value is -1.42. The summed E-state index contributed by atoms with van der Waals surface area (Å²) in [6.45, 7) is 3.90. The van der Waals surface area contributed by atoms with Gasteiger partial charge >= 0.3 is 0 Å². The predicted octanol–water partition coefficient (Wildman–Crippen LogP) is 2.86. The van der Waals surface area contributed by atoms with Gasteiger partial charge in [0.1, 0.15) is 5.75 Å². The van der Waals surface area contributed by atoms with Gasteiger partial charge in [-0.2, -0.15) is 0 Å². The van der Waals surface area contributed by atoms with Crippen LogP contribution in [0, 0.1) is 0 Å². The Morgan fingerprint density at radius 1 is 1.30 bits per heavy atom. The van der Waals surface area contributed by atoms with Gasteiger partial charge < -0.3 is 15.4 Å². The number of nitrogens with zero attached hydrogens (tertiary/aromatic N) is 1. The van der Waals surface area contributed by atoms with Crippen LogP contribution in [-0.4, -0.2) is 33.2 Å². The Balaban J connectivity index is 2.39. The summed E-state index contributed by atoms with van der Waals surface area (Å²) in [7, 11) is 3.42. The maximum atomic E-state index is 6.21. The van der Waals surface area contributed by atoms with Crippen LogP contribution in [0.3, 0.4) is 0 Å². The number of unbranched alkanes of at least 4 members (excludes halogenated alkanes) is 1. The van der Waals surface area contributed by atoms with Crippen LogP contribution in [0.15, 0.2) is 23.2 Å². The number of rotatable bonds is 7. The topological polar surface area (TPSA) is 45.7 Å². The van der Waals surface area contributed by atoms with E-state index in [0.717, 1.165) is 48.2 Å². The maximum Gasteiger partial charge on any atom is 0.190 e. The number of benzene rings is 1. The molecule has 0 spiro atoms. The molecule has 0 saturated heterocycles. The van der Waals surface area contributed by atoms with Crippen molar-refractivity contribution in [2.75, 3.05) is 27.2 Å². The third-order valence-corrected chi connectivity index (χ3v) is 3.35. The quantitative estimate of drug-likeness (QED) is 0.462. The van der Waals surface area contributed by atoms with Gasteiger partial charge in [0.15, 0.2) is 5.96 Å². The number of nitrogens with one attached hydrogen (secondary N) is 2. The van der Waals surface area contributed by atoms with Crippen LogP contribution in [0.5, 0.6) is 5.75 Å². The molecule has 1 rings (SSSR count). The Labute approximate surface area is 126 Å². The minimum absolute atomic E-state index is 0.736. The van der Waals surface area contributed by atoms with Crippen molar-refractivity contribution in [3.63, 3.8) is 0 Å². The minimum Gasteiger partial charge on any atom is -0.497 e. The summed E-state index contributed by atoms with van der Waals surface area (Å²) in [5.74, 6) is 1.62. The molecule has 1 aromatic rings. The molecule has 0 aliphatic heterocycles. The Kier molecular flexibility index (Phi) is 7.88. The molecule has 20 heavy (non-hydrogen) atoms. The second kappa shape index (κ2) is 9.48. The number of hydrogen-bond acceptors (Lipinski definition) is 2. The van der Waals surface area contributed by atoms with E-state index in [0.29, 0.717) is 0 Å². The molecule has 0 heterocycles. The molecule has 5 heteroatoms. The highest BCUT2D eigenvalue weighted by Crippen LogP contribution is 2.22. The van der Waals surface area contributed by atoms with Gasteiger partial charge in [0.2, 0.25) is 0 Å². The first-order valence-electron chi connectivity index (χ1n) is 6.98. The molecule has 1 aromatic carbocycles. The normalized spacial score (nSPS) is 11.3. The van der Waals surface area contributed by atoms with E-state index in [4.69, 9.17) is 16.3 Å². The van der Waals surface area contributed by atoms with E-state index in [1.165, 1.54) is 6.42 Å². The van der Waals surface area contributed by atoms with Crippen molar-refractivity contribution < 1.29 is 4.74 Å². The zero-order valence-corrected chi connectivity index (χ0v) is 13.3. The molecule has 0 radical (unpaired) electrons. The van der Waals surface area contributed by atoms with Crippen molar-refractivity contribution in [2.24, 2.45) is 4.99 Å². The van der Waals surface area contributed by atoms with E-state index in [1.807, 2.05) is 18.2 Å². The van der Waals surface area contributed by atoms with Crippen LogP contribution >= 0.6 is 11.6 Å². The van der Waals surface area contributed by atoms with Crippen LogP contribution in [0.2, 0.25) is 5.02 Å². The molecule has 112 valence electrons. The summed E-state index contributed by atoms with van der Waals surface area (Å²) < 4.78 is 5.14. The Morgan fingerprint density at radius 2 is 2.05 bits per heavy atom. The number of hydrogen-bond donors (Lipinski definition) is 2. The van der Waals surface area contributed by atoms with Gasteiger partial charge in [0.25, 0.3) is 0 Å². The molecule has 0 aliphatic rings. The standard InChI is InChI=1S/C15H24ClN3O/c1-4-5-9-18-15(17-2)19-10-8-12-6-7-13(20-3)11-14(12)16/h6-7,11H,4-5,8-10H2,1-3H3,(H2,17,18,19). The first-order valence-corrected chi connectivity index (χ1v) is 7.36. The number of aliphatic imine (C=N–C) groups is 1. The number of halogens is 1. The fourth-order valence-corrected chi connectivity index (χ4v) is 2.04. The minimum atomic E-state index is 0.736. The van der Waals surface area contributed by atoms with E-state index in [2.05, 4.69) is 22.5 Å². The molecule has 0 bridgehead atoms. The third kappa shape index (κ3) is 5.70. The first kappa shape index (κ1) is 16.6. The monoisotopic (exact) mass is 297 g/mol. The van der Waals surface area contributed by atoms with Gasteiger partial charge in [-0.15, -0.1) is 0 Å². The van der Waals surface area contributed by atoms with E-state index in [-0.39, 0.29) is 0 Å². The lowest BCUT2D eigenvalue weighted by atomic mass is 10.1. The van der Waals surface area contributed by atoms with Gasteiger partial charge in [-0.3, -0.25) is 4.99 Å². The smallest absolute Gasteiger partial charge is 0.190 e. The number of guanidine groups is 1. The van der Waals surface area contributed by atoms with Gasteiger partial charge in [-0.25, -0.2) is 0 Å². The average molecular weight is 298 g/mol. The van der Waals surface area contributed by atoms with Gasteiger partial charge in [-0.1, -0.05) is 31.0 Å². The van der Waals surface area contributed by atoms with E-state index >= 15 is 0 Å². The predicted molar refractivity (Wildman–Crippen MR) is 86.0 cm³/mol. The zero-order valence-electron chi connectivity index (χ0n) is 12.5. The maximum absolute atomic E-state index is 6.21. The van der Waals surface area contributed by atoms with Crippen molar-refractivity contribution in [3.8, 4) is 5.75 Å². The molecule has 0 atom stereocenters. The van der Waals surface area contributed by atoms with Crippen molar-refractivity contribution in [3.05, 3.63) is 28.8 Å².